The quantitative estimate of drug-likeness (QED) is 0.921. The van der Waals surface area contributed by atoms with Crippen LogP contribution in [0.15, 0.2) is 36.4 Å². The molecule has 2 nitrogen and oxygen atoms in total. The topological polar surface area (TPSA) is 21.3 Å². The van der Waals surface area contributed by atoms with E-state index in [0.29, 0.717) is 17.2 Å². The summed E-state index contributed by atoms with van der Waals surface area (Å²) in [6, 6.07) is 10.6. The molecule has 1 N–H and O–H groups in total. The van der Waals surface area contributed by atoms with Crippen molar-refractivity contribution in [2.24, 2.45) is 0 Å². The lowest BCUT2D eigenvalue weighted by Crippen LogP contribution is -2.21. The summed E-state index contributed by atoms with van der Waals surface area (Å²) in [5.41, 5.74) is 2.73. The summed E-state index contributed by atoms with van der Waals surface area (Å²) in [4.78, 5) is 0. The predicted molar refractivity (Wildman–Crippen MR) is 82.6 cm³/mol. The molecule has 0 radical (unpaired) electrons. The highest BCUT2D eigenvalue weighted by atomic mass is 35.5. The molecule has 21 heavy (non-hydrogen) atoms. The number of ether oxygens (including phenoxy) is 1. The van der Waals surface area contributed by atoms with E-state index in [1.165, 1.54) is 11.6 Å². The van der Waals surface area contributed by atoms with Gasteiger partial charge >= 0.3 is 0 Å². The predicted octanol–water partition coefficient (Wildman–Crippen LogP) is 4.11. The second-order valence-electron chi connectivity index (χ2n) is 5.18. The number of para-hydroxylation sites is 1. The Kier molecular flexibility index (Phi) is 4.13. The molecule has 110 valence electrons. The first-order valence-electron chi connectivity index (χ1n) is 7.07. The van der Waals surface area contributed by atoms with Crippen LogP contribution in [0.4, 0.5) is 4.39 Å². The summed E-state index contributed by atoms with van der Waals surface area (Å²) >= 11 is 5.84. The molecule has 2 aromatic carbocycles. The Morgan fingerprint density at radius 1 is 1.24 bits per heavy atom. The Labute approximate surface area is 128 Å². The number of hydrogen-bond acceptors (Lipinski definition) is 2. The zero-order valence-corrected chi connectivity index (χ0v) is 12.6. The van der Waals surface area contributed by atoms with Crippen molar-refractivity contribution in [1.29, 1.82) is 0 Å². The summed E-state index contributed by atoms with van der Waals surface area (Å²) in [5.74, 6) is 0.577. The van der Waals surface area contributed by atoms with Crippen LogP contribution in [0.1, 0.15) is 29.2 Å². The van der Waals surface area contributed by atoms with Crippen LogP contribution in [0.3, 0.4) is 0 Å². The minimum Gasteiger partial charge on any atom is -0.493 e. The number of rotatable bonds is 3. The highest BCUT2D eigenvalue weighted by Gasteiger charge is 2.23. The van der Waals surface area contributed by atoms with Crippen molar-refractivity contribution in [3.05, 3.63) is 63.9 Å². The number of halogens is 2. The van der Waals surface area contributed by atoms with Crippen LogP contribution in [0.2, 0.25) is 5.02 Å². The van der Waals surface area contributed by atoms with Crippen molar-refractivity contribution >= 4 is 11.6 Å². The molecule has 0 aliphatic carbocycles. The van der Waals surface area contributed by atoms with Gasteiger partial charge in [-0.15, -0.1) is 0 Å². The molecule has 4 heteroatoms. The third-order valence-corrected chi connectivity index (χ3v) is 4.07. The summed E-state index contributed by atoms with van der Waals surface area (Å²) in [7, 11) is 1.82. The summed E-state index contributed by atoms with van der Waals surface area (Å²) < 4.78 is 20.1. The van der Waals surface area contributed by atoms with E-state index in [0.717, 1.165) is 24.2 Å². The summed E-state index contributed by atoms with van der Waals surface area (Å²) in [6.45, 7) is 0.712. The van der Waals surface area contributed by atoms with Gasteiger partial charge in [0, 0.05) is 16.1 Å². The first kappa shape index (κ1) is 14.4. The van der Waals surface area contributed by atoms with E-state index in [1.54, 1.807) is 12.1 Å². The fourth-order valence-electron chi connectivity index (χ4n) is 2.86. The first-order chi connectivity index (χ1) is 10.2. The molecule has 1 atom stereocenters. The van der Waals surface area contributed by atoms with E-state index in [-0.39, 0.29) is 11.9 Å². The third-order valence-electron chi connectivity index (χ3n) is 3.84. The Bertz CT molecular complexity index is 659. The molecule has 0 saturated carbocycles. The van der Waals surface area contributed by atoms with Gasteiger partial charge < -0.3 is 10.1 Å². The van der Waals surface area contributed by atoms with Gasteiger partial charge in [-0.25, -0.2) is 4.39 Å². The van der Waals surface area contributed by atoms with Gasteiger partial charge in [0.15, 0.2) is 0 Å². The molecule has 0 amide bonds. The molecular weight excluding hydrogens is 289 g/mol. The third kappa shape index (κ3) is 2.76. The lowest BCUT2D eigenvalue weighted by molar-refractivity contribution is 0.283. The van der Waals surface area contributed by atoms with Crippen LogP contribution in [0.25, 0.3) is 0 Å². The maximum absolute atomic E-state index is 14.2. The summed E-state index contributed by atoms with van der Waals surface area (Å²) in [5, 5.41) is 3.58. The van der Waals surface area contributed by atoms with E-state index >= 15 is 0 Å². The molecule has 1 aliphatic rings. The smallest absolute Gasteiger partial charge is 0.129 e. The Morgan fingerprint density at radius 3 is 2.86 bits per heavy atom. The van der Waals surface area contributed by atoms with Crippen LogP contribution in [-0.4, -0.2) is 13.7 Å². The lowest BCUT2D eigenvalue weighted by atomic mass is 9.93. The van der Waals surface area contributed by atoms with Gasteiger partial charge in [0.1, 0.15) is 11.6 Å². The van der Waals surface area contributed by atoms with E-state index in [4.69, 9.17) is 16.3 Å². The van der Waals surface area contributed by atoms with Crippen molar-refractivity contribution in [3.8, 4) is 5.75 Å². The maximum atomic E-state index is 14.2. The standard InChI is InChI=1S/C17H17ClFNO/c1-20-16(13-8-7-12(18)10-15(13)19)14-6-2-4-11-5-3-9-21-17(11)14/h2,4,6-8,10,16,20H,3,5,9H2,1H3. The fraction of sp³-hybridized carbons (Fsp3) is 0.294. The van der Waals surface area contributed by atoms with Gasteiger partial charge in [-0.1, -0.05) is 35.9 Å². The van der Waals surface area contributed by atoms with Crippen molar-refractivity contribution < 1.29 is 9.13 Å². The van der Waals surface area contributed by atoms with Crippen LogP contribution in [-0.2, 0) is 6.42 Å². The zero-order valence-electron chi connectivity index (χ0n) is 11.8. The number of nitrogens with one attached hydrogen (secondary N) is 1. The number of fused-ring (bicyclic) bond motifs is 1. The Morgan fingerprint density at radius 2 is 2.10 bits per heavy atom. The average molecular weight is 306 g/mol. The Hall–Kier alpha value is -1.58. The number of hydrogen-bond donors (Lipinski definition) is 1. The largest absolute Gasteiger partial charge is 0.493 e. The Balaban J connectivity index is 2.08. The normalized spacial score (nSPS) is 15.2. The molecule has 1 aliphatic heterocycles. The fourth-order valence-corrected chi connectivity index (χ4v) is 3.01. The second kappa shape index (κ2) is 6.04. The molecule has 0 aromatic heterocycles. The van der Waals surface area contributed by atoms with E-state index in [1.807, 2.05) is 19.2 Å². The SMILES string of the molecule is CNC(c1ccc(Cl)cc1F)c1cccc2c1OCCC2. The van der Waals surface area contributed by atoms with Crippen molar-refractivity contribution in [3.63, 3.8) is 0 Å². The van der Waals surface area contributed by atoms with E-state index in [2.05, 4.69) is 11.4 Å². The lowest BCUT2D eigenvalue weighted by Gasteiger charge is -2.25. The number of aryl methyl sites for hydroxylation is 1. The van der Waals surface area contributed by atoms with Crippen LogP contribution in [0.5, 0.6) is 5.75 Å². The molecule has 1 unspecified atom stereocenters. The molecule has 3 rings (SSSR count). The molecule has 0 saturated heterocycles. The minimum absolute atomic E-state index is 0.254. The highest BCUT2D eigenvalue weighted by molar-refractivity contribution is 6.30. The molecule has 0 bridgehead atoms. The molecule has 0 spiro atoms. The van der Waals surface area contributed by atoms with Crippen LogP contribution in [0, 0.1) is 5.82 Å². The van der Waals surface area contributed by atoms with Crippen LogP contribution >= 0.6 is 11.6 Å². The van der Waals surface area contributed by atoms with Crippen molar-refractivity contribution in [1.82, 2.24) is 5.32 Å². The second-order valence-corrected chi connectivity index (χ2v) is 5.61. The van der Waals surface area contributed by atoms with E-state index < -0.39 is 0 Å². The molecule has 0 fully saturated rings. The van der Waals surface area contributed by atoms with Gasteiger partial charge in [-0.05, 0) is 37.6 Å². The highest BCUT2D eigenvalue weighted by Crippen LogP contribution is 2.36. The van der Waals surface area contributed by atoms with Gasteiger partial charge in [0.2, 0.25) is 0 Å². The molecular formula is C17H17ClFNO. The average Bonchev–Trinajstić information content (AvgIpc) is 2.50. The maximum Gasteiger partial charge on any atom is 0.129 e. The van der Waals surface area contributed by atoms with Gasteiger partial charge in [-0.2, -0.15) is 0 Å². The molecule has 2 aromatic rings. The minimum atomic E-state index is -0.310. The van der Waals surface area contributed by atoms with Gasteiger partial charge in [0.05, 0.1) is 12.6 Å². The van der Waals surface area contributed by atoms with Crippen LogP contribution < -0.4 is 10.1 Å². The zero-order chi connectivity index (χ0) is 14.8. The van der Waals surface area contributed by atoms with E-state index in [9.17, 15) is 4.39 Å². The van der Waals surface area contributed by atoms with Gasteiger partial charge in [0.25, 0.3) is 0 Å². The van der Waals surface area contributed by atoms with Crippen molar-refractivity contribution in [2.75, 3.05) is 13.7 Å². The van der Waals surface area contributed by atoms with Gasteiger partial charge in [-0.3, -0.25) is 0 Å². The monoisotopic (exact) mass is 305 g/mol. The summed E-state index contributed by atoms with van der Waals surface area (Å²) in [6.07, 6.45) is 2.03. The first-order valence-corrected chi connectivity index (χ1v) is 7.45. The van der Waals surface area contributed by atoms with Crippen molar-refractivity contribution in [2.45, 2.75) is 18.9 Å². The number of benzene rings is 2. The molecule has 1 heterocycles.